The minimum Gasteiger partial charge on any atom is -0.453 e. The van der Waals surface area contributed by atoms with Crippen molar-refractivity contribution in [2.45, 2.75) is 13.0 Å². The number of hydrogen-bond acceptors (Lipinski definition) is 3. The first-order valence-electron chi connectivity index (χ1n) is 4.79. The molecule has 4 nitrogen and oxygen atoms in total. The van der Waals surface area contributed by atoms with Gasteiger partial charge in [0.1, 0.15) is 0 Å². The van der Waals surface area contributed by atoms with Gasteiger partial charge in [0.2, 0.25) is 0 Å². The summed E-state index contributed by atoms with van der Waals surface area (Å²) in [6.07, 6.45) is -0.179. The third-order valence-electron chi connectivity index (χ3n) is 3.34. The van der Waals surface area contributed by atoms with Crippen LogP contribution in [-0.4, -0.2) is 43.8 Å². The van der Waals surface area contributed by atoms with Crippen LogP contribution in [-0.2, 0) is 4.74 Å². The van der Waals surface area contributed by atoms with Crippen LogP contribution in [0.4, 0.5) is 4.79 Å². The van der Waals surface area contributed by atoms with Crippen LogP contribution in [0, 0.1) is 11.8 Å². The molecule has 0 aliphatic carbocycles. The van der Waals surface area contributed by atoms with Crippen molar-refractivity contribution >= 4 is 6.09 Å². The quantitative estimate of drug-likeness (QED) is 0.588. The summed E-state index contributed by atoms with van der Waals surface area (Å²) in [6.45, 7) is 5.04. The van der Waals surface area contributed by atoms with Crippen LogP contribution in [0.2, 0.25) is 0 Å². The van der Waals surface area contributed by atoms with Crippen molar-refractivity contribution in [1.29, 1.82) is 0 Å². The number of amides is 1. The number of nitrogens with zero attached hydrogens (tertiary/aromatic N) is 1. The van der Waals surface area contributed by atoms with Crippen LogP contribution >= 0.6 is 0 Å². The Kier molecular flexibility index (Phi) is 2.15. The van der Waals surface area contributed by atoms with Gasteiger partial charge in [-0.3, -0.25) is 0 Å². The smallest absolute Gasteiger partial charge is 0.409 e. The summed E-state index contributed by atoms with van der Waals surface area (Å²) in [5, 5.41) is 3.35. The molecule has 2 aliphatic heterocycles. The van der Waals surface area contributed by atoms with Crippen molar-refractivity contribution in [2.24, 2.45) is 11.8 Å². The van der Waals surface area contributed by atoms with Crippen molar-refractivity contribution in [1.82, 2.24) is 10.2 Å². The van der Waals surface area contributed by atoms with Crippen LogP contribution < -0.4 is 5.32 Å². The lowest BCUT2D eigenvalue weighted by molar-refractivity contribution is 0.117. The number of rotatable bonds is 0. The van der Waals surface area contributed by atoms with Crippen LogP contribution in [0.25, 0.3) is 0 Å². The highest BCUT2D eigenvalue weighted by atomic mass is 16.5. The highest BCUT2D eigenvalue weighted by molar-refractivity contribution is 5.68. The monoisotopic (exact) mass is 184 g/mol. The number of methoxy groups -OCH3 is 1. The van der Waals surface area contributed by atoms with E-state index in [2.05, 4.69) is 12.2 Å². The zero-order valence-electron chi connectivity index (χ0n) is 8.12. The Bertz CT molecular complexity index is 220. The van der Waals surface area contributed by atoms with Gasteiger partial charge in [0.15, 0.2) is 0 Å². The van der Waals surface area contributed by atoms with Gasteiger partial charge in [0.25, 0.3) is 0 Å². The van der Waals surface area contributed by atoms with Crippen LogP contribution in [0.15, 0.2) is 0 Å². The molecule has 2 fully saturated rings. The fourth-order valence-electron chi connectivity index (χ4n) is 2.53. The number of ether oxygens (including phenoxy) is 1. The zero-order valence-corrected chi connectivity index (χ0v) is 8.12. The molecular formula is C9H16N2O2. The van der Waals surface area contributed by atoms with E-state index in [1.54, 1.807) is 0 Å². The second kappa shape index (κ2) is 3.18. The Morgan fingerprint density at radius 3 is 2.92 bits per heavy atom. The summed E-state index contributed by atoms with van der Waals surface area (Å²) in [5.41, 5.74) is 0. The summed E-state index contributed by atoms with van der Waals surface area (Å²) < 4.78 is 4.74. The standard InChI is InChI=1S/C9H16N2O2/c1-6-8-4-10-3-7(8)5-11(6)9(12)13-2/h6-8,10H,3-5H2,1-2H3. The Hall–Kier alpha value is -0.770. The summed E-state index contributed by atoms with van der Waals surface area (Å²) in [5.74, 6) is 1.26. The molecule has 2 saturated heterocycles. The third-order valence-corrected chi connectivity index (χ3v) is 3.34. The Morgan fingerprint density at radius 1 is 1.54 bits per heavy atom. The molecule has 0 spiro atoms. The number of fused-ring (bicyclic) bond motifs is 1. The average Bonchev–Trinajstić information content (AvgIpc) is 2.68. The van der Waals surface area contributed by atoms with Crippen LogP contribution in [0.3, 0.4) is 0 Å². The summed E-state index contributed by atoms with van der Waals surface area (Å²) in [6, 6.07) is 0.326. The summed E-state index contributed by atoms with van der Waals surface area (Å²) >= 11 is 0. The molecule has 74 valence electrons. The van der Waals surface area contributed by atoms with Crippen molar-refractivity contribution in [3.63, 3.8) is 0 Å². The second-order valence-electron chi connectivity index (χ2n) is 3.95. The molecule has 2 aliphatic rings. The summed E-state index contributed by atoms with van der Waals surface area (Å²) in [4.78, 5) is 13.2. The molecule has 0 saturated carbocycles. The predicted molar refractivity (Wildman–Crippen MR) is 48.4 cm³/mol. The molecule has 0 bridgehead atoms. The van der Waals surface area contributed by atoms with E-state index in [-0.39, 0.29) is 6.09 Å². The Balaban J connectivity index is 2.06. The maximum atomic E-state index is 11.3. The number of likely N-dealkylation sites (tertiary alicyclic amines) is 1. The maximum Gasteiger partial charge on any atom is 0.409 e. The SMILES string of the molecule is COC(=O)N1CC2CNCC2C1C. The van der Waals surface area contributed by atoms with Gasteiger partial charge >= 0.3 is 6.09 Å². The third kappa shape index (κ3) is 1.29. The molecule has 3 atom stereocenters. The Morgan fingerprint density at radius 2 is 2.31 bits per heavy atom. The van der Waals surface area contributed by atoms with E-state index >= 15 is 0 Å². The normalized spacial score (nSPS) is 37.7. The minimum atomic E-state index is -0.179. The predicted octanol–water partition coefficient (Wildman–Crippen LogP) is 0.292. The fourth-order valence-corrected chi connectivity index (χ4v) is 2.53. The molecule has 0 aromatic carbocycles. The lowest BCUT2D eigenvalue weighted by Gasteiger charge is -2.22. The summed E-state index contributed by atoms with van der Waals surface area (Å²) in [7, 11) is 1.45. The number of nitrogens with one attached hydrogen (secondary N) is 1. The number of carbonyl (C=O) groups is 1. The zero-order chi connectivity index (χ0) is 9.42. The molecule has 0 aromatic rings. The lowest BCUT2D eigenvalue weighted by Crippen LogP contribution is -2.37. The van der Waals surface area contributed by atoms with E-state index in [4.69, 9.17) is 4.74 Å². The molecule has 13 heavy (non-hydrogen) atoms. The molecule has 2 heterocycles. The highest BCUT2D eigenvalue weighted by Crippen LogP contribution is 2.32. The lowest BCUT2D eigenvalue weighted by atomic mass is 9.95. The molecule has 1 N–H and O–H groups in total. The van der Waals surface area contributed by atoms with Crippen molar-refractivity contribution in [3.05, 3.63) is 0 Å². The first-order chi connectivity index (χ1) is 6.24. The molecular weight excluding hydrogens is 168 g/mol. The van der Waals surface area contributed by atoms with Gasteiger partial charge in [-0.2, -0.15) is 0 Å². The van der Waals surface area contributed by atoms with E-state index in [0.29, 0.717) is 17.9 Å². The number of hydrogen-bond donors (Lipinski definition) is 1. The number of carbonyl (C=O) groups excluding carboxylic acids is 1. The first kappa shape index (κ1) is 8.81. The van der Waals surface area contributed by atoms with Crippen molar-refractivity contribution in [2.75, 3.05) is 26.7 Å². The molecule has 0 radical (unpaired) electrons. The van der Waals surface area contributed by atoms with Crippen molar-refractivity contribution in [3.8, 4) is 0 Å². The van der Waals surface area contributed by atoms with E-state index < -0.39 is 0 Å². The topological polar surface area (TPSA) is 41.6 Å². The van der Waals surface area contributed by atoms with E-state index in [1.807, 2.05) is 4.90 Å². The first-order valence-corrected chi connectivity index (χ1v) is 4.79. The average molecular weight is 184 g/mol. The van der Waals surface area contributed by atoms with Crippen LogP contribution in [0.5, 0.6) is 0 Å². The van der Waals surface area contributed by atoms with Gasteiger partial charge in [0, 0.05) is 25.7 Å². The van der Waals surface area contributed by atoms with Crippen LogP contribution in [0.1, 0.15) is 6.92 Å². The van der Waals surface area contributed by atoms with Gasteiger partial charge in [-0.05, 0) is 18.8 Å². The highest BCUT2D eigenvalue weighted by Gasteiger charge is 2.44. The van der Waals surface area contributed by atoms with E-state index in [1.165, 1.54) is 7.11 Å². The fraction of sp³-hybridized carbons (Fsp3) is 0.889. The second-order valence-corrected chi connectivity index (χ2v) is 3.95. The minimum absolute atomic E-state index is 0.179. The van der Waals surface area contributed by atoms with Gasteiger partial charge in [-0.15, -0.1) is 0 Å². The van der Waals surface area contributed by atoms with E-state index in [9.17, 15) is 4.79 Å². The van der Waals surface area contributed by atoms with Crippen molar-refractivity contribution < 1.29 is 9.53 Å². The molecule has 1 amide bonds. The van der Waals surface area contributed by atoms with Gasteiger partial charge in [0.05, 0.1) is 7.11 Å². The Labute approximate surface area is 78.2 Å². The van der Waals surface area contributed by atoms with Gasteiger partial charge in [-0.25, -0.2) is 4.79 Å². The molecule has 0 aromatic heterocycles. The van der Waals surface area contributed by atoms with E-state index in [0.717, 1.165) is 19.6 Å². The van der Waals surface area contributed by atoms with Gasteiger partial charge < -0.3 is 15.0 Å². The molecule has 4 heteroatoms. The largest absolute Gasteiger partial charge is 0.453 e. The van der Waals surface area contributed by atoms with Gasteiger partial charge in [-0.1, -0.05) is 0 Å². The maximum absolute atomic E-state index is 11.3. The molecule has 3 unspecified atom stereocenters. The molecule has 2 rings (SSSR count).